The van der Waals surface area contributed by atoms with Crippen LogP contribution < -0.4 is 5.32 Å². The molecule has 5 nitrogen and oxygen atoms in total. The van der Waals surface area contributed by atoms with E-state index in [-0.39, 0.29) is 31.2 Å². The number of rotatable bonds is 1. The van der Waals surface area contributed by atoms with Crippen molar-refractivity contribution in [2.75, 3.05) is 20.1 Å². The van der Waals surface area contributed by atoms with Crippen LogP contribution in [0.2, 0.25) is 0 Å². The van der Waals surface area contributed by atoms with Crippen LogP contribution in [0.5, 0.6) is 0 Å². The summed E-state index contributed by atoms with van der Waals surface area (Å²) in [5.41, 5.74) is -2.26. The maximum Gasteiger partial charge on any atom is 0.417 e. The van der Waals surface area contributed by atoms with Gasteiger partial charge >= 0.3 is 12.2 Å². The Hall–Kier alpha value is -2.32. The van der Waals surface area contributed by atoms with E-state index in [0.29, 0.717) is 12.5 Å². The first-order chi connectivity index (χ1) is 11.2. The molecule has 0 saturated carbocycles. The molecular formula is C15H15F4N3O2. The maximum absolute atomic E-state index is 14.0. The van der Waals surface area contributed by atoms with E-state index in [9.17, 15) is 27.2 Å². The summed E-state index contributed by atoms with van der Waals surface area (Å²) in [6.07, 6.45) is -4.41. The Balaban J connectivity index is 1.88. The average Bonchev–Trinajstić information content (AvgIpc) is 2.80. The highest BCUT2D eigenvalue weighted by Crippen LogP contribution is 2.34. The lowest BCUT2D eigenvalue weighted by Gasteiger charge is -2.36. The van der Waals surface area contributed by atoms with Crippen LogP contribution in [-0.4, -0.2) is 54.0 Å². The van der Waals surface area contributed by atoms with Crippen molar-refractivity contribution in [3.8, 4) is 0 Å². The second-order valence-electron chi connectivity index (χ2n) is 5.93. The molecule has 2 aliphatic rings. The molecule has 0 aliphatic carbocycles. The van der Waals surface area contributed by atoms with Crippen molar-refractivity contribution in [1.29, 1.82) is 0 Å². The normalized spacial score (nSPS) is 24.0. The van der Waals surface area contributed by atoms with E-state index < -0.39 is 29.0 Å². The molecule has 2 saturated heterocycles. The van der Waals surface area contributed by atoms with E-state index in [4.69, 9.17) is 0 Å². The Morgan fingerprint density at radius 2 is 2.04 bits per heavy atom. The van der Waals surface area contributed by atoms with Gasteiger partial charge in [-0.05, 0) is 18.6 Å². The predicted octanol–water partition coefficient (Wildman–Crippen LogP) is 2.08. The molecule has 2 fully saturated rings. The molecule has 2 atom stereocenters. The zero-order valence-electron chi connectivity index (χ0n) is 12.7. The molecule has 2 aliphatic heterocycles. The maximum atomic E-state index is 14.0. The van der Waals surface area contributed by atoms with Gasteiger partial charge in [0.2, 0.25) is 0 Å². The molecule has 130 valence electrons. The van der Waals surface area contributed by atoms with E-state index in [1.807, 2.05) is 0 Å². The third-order valence-electron chi connectivity index (χ3n) is 4.52. The van der Waals surface area contributed by atoms with Crippen molar-refractivity contribution in [2.24, 2.45) is 0 Å². The molecule has 0 aromatic heterocycles. The van der Waals surface area contributed by atoms with Crippen LogP contribution in [0.4, 0.5) is 22.4 Å². The van der Waals surface area contributed by atoms with Crippen LogP contribution in [0.1, 0.15) is 22.3 Å². The number of likely N-dealkylation sites (N-methyl/N-ethyl adjacent to an activating group) is 1. The number of piperidine rings is 1. The quantitative estimate of drug-likeness (QED) is 0.793. The minimum Gasteiger partial charge on any atom is -0.336 e. The van der Waals surface area contributed by atoms with Crippen molar-refractivity contribution in [1.82, 2.24) is 15.1 Å². The van der Waals surface area contributed by atoms with Crippen molar-refractivity contribution < 1.29 is 27.2 Å². The number of amides is 3. The number of benzene rings is 1. The van der Waals surface area contributed by atoms with Crippen LogP contribution in [-0.2, 0) is 6.18 Å². The molecule has 0 spiro atoms. The van der Waals surface area contributed by atoms with Gasteiger partial charge in [-0.15, -0.1) is 0 Å². The van der Waals surface area contributed by atoms with Gasteiger partial charge in [-0.25, -0.2) is 9.18 Å². The number of likely N-dealkylation sites (tertiary alicyclic amines) is 1. The first kappa shape index (κ1) is 16.5. The number of nitrogens with zero attached hydrogens (tertiary/aromatic N) is 2. The molecule has 0 unspecified atom stereocenters. The zero-order chi connectivity index (χ0) is 17.6. The lowest BCUT2D eigenvalue weighted by Crippen LogP contribution is -2.52. The Labute approximate surface area is 135 Å². The van der Waals surface area contributed by atoms with Crippen molar-refractivity contribution >= 4 is 11.9 Å². The minimum atomic E-state index is -4.83. The molecule has 0 radical (unpaired) electrons. The average molecular weight is 345 g/mol. The van der Waals surface area contributed by atoms with Gasteiger partial charge in [-0.1, -0.05) is 6.07 Å². The largest absolute Gasteiger partial charge is 0.417 e. The van der Waals surface area contributed by atoms with Crippen LogP contribution in [0.15, 0.2) is 18.2 Å². The van der Waals surface area contributed by atoms with Gasteiger partial charge in [0, 0.05) is 20.1 Å². The highest BCUT2D eigenvalue weighted by atomic mass is 19.4. The number of carbonyl (C=O) groups excluding carboxylic acids is 2. The summed E-state index contributed by atoms with van der Waals surface area (Å²) in [6, 6.07) is 1.66. The smallest absolute Gasteiger partial charge is 0.336 e. The second-order valence-corrected chi connectivity index (χ2v) is 5.93. The number of nitrogens with one attached hydrogen (secondary N) is 1. The van der Waals surface area contributed by atoms with E-state index in [1.165, 1.54) is 4.90 Å². The van der Waals surface area contributed by atoms with Gasteiger partial charge < -0.3 is 15.1 Å². The minimum absolute atomic E-state index is 0.0468. The van der Waals surface area contributed by atoms with E-state index >= 15 is 0 Å². The fourth-order valence-electron chi connectivity index (χ4n) is 3.28. The molecule has 0 bridgehead atoms. The summed E-state index contributed by atoms with van der Waals surface area (Å²) < 4.78 is 53.2. The summed E-state index contributed by atoms with van der Waals surface area (Å²) in [5, 5.41) is 2.68. The molecule has 1 N–H and O–H groups in total. The van der Waals surface area contributed by atoms with Gasteiger partial charge in [0.15, 0.2) is 0 Å². The molecule has 3 rings (SSSR count). The highest BCUT2D eigenvalue weighted by molar-refractivity contribution is 5.96. The molecular weight excluding hydrogens is 330 g/mol. The molecule has 9 heteroatoms. The van der Waals surface area contributed by atoms with Crippen molar-refractivity contribution in [2.45, 2.75) is 24.7 Å². The monoisotopic (exact) mass is 345 g/mol. The van der Waals surface area contributed by atoms with E-state index in [0.717, 1.165) is 17.0 Å². The topological polar surface area (TPSA) is 52.7 Å². The van der Waals surface area contributed by atoms with E-state index in [1.54, 1.807) is 7.05 Å². The number of alkyl halides is 3. The molecule has 2 heterocycles. The molecule has 24 heavy (non-hydrogen) atoms. The fraction of sp³-hybridized carbons (Fsp3) is 0.467. The van der Waals surface area contributed by atoms with Crippen LogP contribution in [0.25, 0.3) is 0 Å². The van der Waals surface area contributed by atoms with Crippen LogP contribution in [0.3, 0.4) is 0 Å². The number of fused-ring (bicyclic) bond motifs is 1. The Morgan fingerprint density at radius 3 is 2.71 bits per heavy atom. The fourth-order valence-corrected chi connectivity index (χ4v) is 3.28. The summed E-state index contributed by atoms with van der Waals surface area (Å²) in [4.78, 5) is 26.8. The summed E-state index contributed by atoms with van der Waals surface area (Å²) in [6.45, 7) is 0.205. The number of urea groups is 1. The lowest BCUT2D eigenvalue weighted by molar-refractivity contribution is -0.138. The third-order valence-corrected chi connectivity index (χ3v) is 4.52. The zero-order valence-corrected chi connectivity index (χ0v) is 12.7. The summed E-state index contributed by atoms with van der Waals surface area (Å²) in [7, 11) is 1.62. The first-order valence-corrected chi connectivity index (χ1v) is 7.38. The van der Waals surface area contributed by atoms with Crippen molar-refractivity contribution in [3.63, 3.8) is 0 Å². The van der Waals surface area contributed by atoms with Crippen molar-refractivity contribution in [3.05, 3.63) is 35.1 Å². The third kappa shape index (κ3) is 2.67. The molecule has 3 amide bonds. The van der Waals surface area contributed by atoms with Crippen LogP contribution in [0, 0.1) is 5.82 Å². The Morgan fingerprint density at radius 1 is 1.33 bits per heavy atom. The van der Waals surface area contributed by atoms with Gasteiger partial charge in [0.05, 0.1) is 23.2 Å². The highest BCUT2D eigenvalue weighted by Gasteiger charge is 2.43. The van der Waals surface area contributed by atoms with Gasteiger partial charge in [0.1, 0.15) is 5.82 Å². The van der Waals surface area contributed by atoms with Gasteiger partial charge in [-0.2, -0.15) is 13.2 Å². The Bertz CT molecular complexity index is 692. The number of halogens is 4. The number of hydrogen-bond donors (Lipinski definition) is 1. The first-order valence-electron chi connectivity index (χ1n) is 7.38. The standard InChI is InChI=1S/C15H15F4N3O2/c1-21-11-5-6-22(7-10(11)20-14(21)24)13(23)12-8(15(17,18)19)3-2-4-9(12)16/h2-4,10-11H,5-7H2,1H3,(H,20,24)/t10-,11+/m1/s1. The SMILES string of the molecule is CN1C(=O)N[C@@H]2CN(C(=O)c3c(F)cccc3C(F)(F)F)CC[C@@H]21. The molecule has 1 aromatic carbocycles. The van der Waals surface area contributed by atoms with Gasteiger partial charge in [-0.3, -0.25) is 4.79 Å². The number of carbonyl (C=O) groups is 2. The molecule has 1 aromatic rings. The predicted molar refractivity (Wildman–Crippen MR) is 75.8 cm³/mol. The second kappa shape index (κ2) is 5.64. The van der Waals surface area contributed by atoms with Gasteiger partial charge in [0.25, 0.3) is 5.91 Å². The summed E-state index contributed by atoms with van der Waals surface area (Å²) in [5.74, 6) is -2.22. The Kier molecular flexibility index (Phi) is 3.89. The van der Waals surface area contributed by atoms with E-state index in [2.05, 4.69) is 5.32 Å². The number of hydrogen-bond acceptors (Lipinski definition) is 2. The summed E-state index contributed by atoms with van der Waals surface area (Å²) >= 11 is 0. The lowest BCUT2D eigenvalue weighted by atomic mass is 9.98. The van der Waals surface area contributed by atoms with Crippen LogP contribution >= 0.6 is 0 Å².